The molecular formula is C21H24F2N4O2. The number of benzene rings is 1. The first-order chi connectivity index (χ1) is 13.9. The van der Waals surface area contributed by atoms with Crippen molar-refractivity contribution in [3.63, 3.8) is 0 Å². The first-order valence-electron chi connectivity index (χ1n) is 9.81. The minimum atomic E-state index is -1.81. The van der Waals surface area contributed by atoms with Crippen molar-refractivity contribution in [1.29, 1.82) is 10.5 Å². The highest BCUT2D eigenvalue weighted by atomic mass is 19.1. The van der Waals surface area contributed by atoms with Crippen LogP contribution in [0.25, 0.3) is 0 Å². The Kier molecular flexibility index (Phi) is 5.62. The van der Waals surface area contributed by atoms with Gasteiger partial charge in [-0.3, -0.25) is 0 Å². The molecule has 1 saturated carbocycles. The largest absolute Gasteiger partial charge is 0.386 e. The van der Waals surface area contributed by atoms with Crippen LogP contribution in [0.2, 0.25) is 0 Å². The topological polar surface area (TPSA) is 104 Å². The SMILES string of the molecule is CCCCOC1(OCCCC)N=C(N)C2(C#N)C(c3ccc(F)cc3F)C12C#N. The van der Waals surface area contributed by atoms with E-state index >= 15 is 0 Å². The zero-order valence-corrected chi connectivity index (χ0v) is 16.5. The van der Waals surface area contributed by atoms with Crippen molar-refractivity contribution in [2.75, 3.05) is 13.2 Å². The van der Waals surface area contributed by atoms with Crippen molar-refractivity contribution < 1.29 is 18.3 Å². The number of amidine groups is 1. The van der Waals surface area contributed by atoms with Crippen LogP contribution in [0.5, 0.6) is 0 Å². The van der Waals surface area contributed by atoms with Gasteiger partial charge in [-0.05, 0) is 24.5 Å². The zero-order chi connectivity index (χ0) is 21.3. The monoisotopic (exact) mass is 402 g/mol. The van der Waals surface area contributed by atoms with Crippen molar-refractivity contribution in [3.05, 3.63) is 35.4 Å². The second kappa shape index (κ2) is 7.70. The minimum absolute atomic E-state index is 0.0231. The van der Waals surface area contributed by atoms with E-state index in [-0.39, 0.29) is 24.6 Å². The van der Waals surface area contributed by atoms with Gasteiger partial charge in [0.05, 0.1) is 25.4 Å². The number of hydrogen-bond acceptors (Lipinski definition) is 6. The number of aliphatic imine (C=N–C) groups is 1. The summed E-state index contributed by atoms with van der Waals surface area (Å²) in [6.45, 7) is 4.44. The molecule has 0 amide bonds. The van der Waals surface area contributed by atoms with E-state index < -0.39 is 34.3 Å². The third kappa shape index (κ3) is 2.74. The molecule has 0 spiro atoms. The van der Waals surface area contributed by atoms with E-state index in [0.29, 0.717) is 12.8 Å². The molecule has 1 aromatic carbocycles. The number of nitriles is 2. The number of fused-ring (bicyclic) bond motifs is 1. The van der Waals surface area contributed by atoms with Crippen molar-refractivity contribution in [3.8, 4) is 12.1 Å². The van der Waals surface area contributed by atoms with E-state index in [1.54, 1.807) is 0 Å². The van der Waals surface area contributed by atoms with Crippen molar-refractivity contribution >= 4 is 5.84 Å². The Labute approximate surface area is 168 Å². The van der Waals surface area contributed by atoms with Gasteiger partial charge in [0.2, 0.25) is 0 Å². The van der Waals surface area contributed by atoms with Crippen LogP contribution in [0.3, 0.4) is 0 Å². The zero-order valence-electron chi connectivity index (χ0n) is 16.5. The van der Waals surface area contributed by atoms with Crippen molar-refractivity contribution in [2.45, 2.75) is 51.4 Å². The molecule has 1 aromatic rings. The van der Waals surface area contributed by atoms with E-state index in [0.717, 1.165) is 25.0 Å². The molecule has 154 valence electrons. The second-order valence-corrected chi connectivity index (χ2v) is 7.42. The molecule has 3 rings (SSSR count). The van der Waals surface area contributed by atoms with Crippen molar-refractivity contribution in [2.24, 2.45) is 21.6 Å². The molecule has 3 atom stereocenters. The van der Waals surface area contributed by atoms with E-state index in [1.165, 1.54) is 6.07 Å². The molecule has 1 fully saturated rings. The van der Waals surface area contributed by atoms with Crippen LogP contribution >= 0.6 is 0 Å². The molecule has 0 aromatic heterocycles. The van der Waals surface area contributed by atoms with Crippen LogP contribution in [-0.2, 0) is 9.47 Å². The summed E-state index contributed by atoms with van der Waals surface area (Å²) in [5.74, 6) is -4.51. The lowest BCUT2D eigenvalue weighted by Crippen LogP contribution is -2.44. The summed E-state index contributed by atoms with van der Waals surface area (Å²) in [6.07, 6.45) is 3.04. The smallest absolute Gasteiger partial charge is 0.293 e. The van der Waals surface area contributed by atoms with E-state index in [9.17, 15) is 19.3 Å². The molecule has 29 heavy (non-hydrogen) atoms. The van der Waals surface area contributed by atoms with Gasteiger partial charge in [-0.15, -0.1) is 0 Å². The molecule has 2 aliphatic rings. The van der Waals surface area contributed by atoms with Crippen LogP contribution in [0.15, 0.2) is 23.2 Å². The normalized spacial score (nSPS) is 28.9. The first kappa shape index (κ1) is 21.2. The molecule has 0 saturated heterocycles. The van der Waals surface area contributed by atoms with Gasteiger partial charge in [0.25, 0.3) is 5.91 Å². The number of hydrogen-bond donors (Lipinski definition) is 1. The maximum absolute atomic E-state index is 14.6. The van der Waals surface area contributed by atoms with Crippen LogP contribution in [0, 0.1) is 45.1 Å². The van der Waals surface area contributed by atoms with Gasteiger partial charge in [-0.2, -0.15) is 10.5 Å². The number of ether oxygens (including phenoxy) is 2. The standard InChI is InChI=1S/C21H24F2N4O2/c1-3-5-9-28-21(29-10-6-4-2)20(13-25)17(19(20,12-24)18(26)27-21)15-8-7-14(22)11-16(15)23/h7-8,11,17H,3-6,9-10H2,1-2H3,(H2,26,27). The number of unbranched alkanes of at least 4 members (excludes halogenated alkanes) is 2. The molecular weight excluding hydrogens is 378 g/mol. The Morgan fingerprint density at radius 3 is 2.21 bits per heavy atom. The fraction of sp³-hybridized carbons (Fsp3) is 0.571. The third-order valence-corrected chi connectivity index (χ3v) is 5.79. The summed E-state index contributed by atoms with van der Waals surface area (Å²) in [5.41, 5.74) is 2.91. The molecule has 1 aliphatic heterocycles. The molecule has 8 heteroatoms. The Morgan fingerprint density at radius 1 is 1.10 bits per heavy atom. The van der Waals surface area contributed by atoms with Gasteiger partial charge in [-0.25, -0.2) is 13.8 Å². The summed E-state index contributed by atoms with van der Waals surface area (Å²) in [5, 5.41) is 20.2. The summed E-state index contributed by atoms with van der Waals surface area (Å²) in [7, 11) is 0. The molecule has 1 aliphatic carbocycles. The van der Waals surface area contributed by atoms with Gasteiger partial charge in [-0.1, -0.05) is 32.8 Å². The number of nitrogens with two attached hydrogens (primary N) is 1. The highest BCUT2D eigenvalue weighted by Crippen LogP contribution is 2.82. The number of rotatable bonds is 9. The first-order valence-corrected chi connectivity index (χ1v) is 9.81. The van der Waals surface area contributed by atoms with Gasteiger partial charge < -0.3 is 15.2 Å². The molecule has 0 radical (unpaired) electrons. The lowest BCUT2D eigenvalue weighted by Gasteiger charge is -2.32. The fourth-order valence-corrected chi connectivity index (χ4v) is 4.27. The average Bonchev–Trinajstić information content (AvgIpc) is 3.26. The van der Waals surface area contributed by atoms with Crippen LogP contribution in [0.1, 0.15) is 51.0 Å². The maximum atomic E-state index is 14.6. The van der Waals surface area contributed by atoms with Crippen LogP contribution in [0.4, 0.5) is 8.78 Å². The lowest BCUT2D eigenvalue weighted by molar-refractivity contribution is -0.260. The Balaban J connectivity index is 2.13. The maximum Gasteiger partial charge on any atom is 0.293 e. The number of halogens is 2. The van der Waals surface area contributed by atoms with E-state index in [2.05, 4.69) is 17.1 Å². The Morgan fingerprint density at radius 2 is 1.72 bits per heavy atom. The predicted molar refractivity (Wildman–Crippen MR) is 101 cm³/mol. The summed E-state index contributed by atoms with van der Waals surface area (Å²) in [6, 6.07) is 7.28. The summed E-state index contributed by atoms with van der Waals surface area (Å²) >= 11 is 0. The number of nitrogens with zero attached hydrogens (tertiary/aromatic N) is 3. The third-order valence-electron chi connectivity index (χ3n) is 5.79. The minimum Gasteiger partial charge on any atom is -0.386 e. The van der Waals surface area contributed by atoms with Gasteiger partial charge >= 0.3 is 0 Å². The quantitative estimate of drug-likeness (QED) is 0.500. The van der Waals surface area contributed by atoms with Gasteiger partial charge in [0, 0.05) is 12.0 Å². The molecule has 1 heterocycles. The van der Waals surface area contributed by atoms with Gasteiger partial charge in [0.15, 0.2) is 5.41 Å². The summed E-state index contributed by atoms with van der Waals surface area (Å²) < 4.78 is 40.0. The van der Waals surface area contributed by atoms with E-state index in [1.807, 2.05) is 13.8 Å². The van der Waals surface area contributed by atoms with Gasteiger partial charge in [0.1, 0.15) is 22.9 Å². The Hall–Kier alpha value is -2.55. The highest BCUT2D eigenvalue weighted by molar-refractivity contribution is 6.00. The van der Waals surface area contributed by atoms with E-state index in [4.69, 9.17) is 15.2 Å². The predicted octanol–water partition coefficient (Wildman–Crippen LogP) is 3.74. The summed E-state index contributed by atoms with van der Waals surface area (Å²) in [4.78, 5) is 4.31. The fourth-order valence-electron chi connectivity index (χ4n) is 4.27. The lowest BCUT2D eigenvalue weighted by atomic mass is 9.93. The average molecular weight is 402 g/mol. The molecule has 3 unspecified atom stereocenters. The Bertz CT molecular complexity index is 897. The highest BCUT2D eigenvalue weighted by Gasteiger charge is 2.94. The molecule has 0 bridgehead atoms. The molecule has 2 N–H and O–H groups in total. The van der Waals surface area contributed by atoms with Crippen LogP contribution in [-0.4, -0.2) is 25.0 Å². The van der Waals surface area contributed by atoms with Crippen LogP contribution < -0.4 is 5.73 Å². The second-order valence-electron chi connectivity index (χ2n) is 7.42. The molecule has 6 nitrogen and oxygen atoms in total. The van der Waals surface area contributed by atoms with Crippen molar-refractivity contribution in [1.82, 2.24) is 0 Å².